The molecule has 1 aromatic heterocycles. The van der Waals surface area contributed by atoms with Gasteiger partial charge in [-0.05, 0) is 25.0 Å². The SMILES string of the molecule is COC(=O)[C@@H]1CN(C(=O)C2CCN(c3ccc(C(F)(F)F)cn3)CC2)CCS1. The van der Waals surface area contributed by atoms with Crippen LogP contribution in [0, 0.1) is 5.92 Å². The standard InChI is InChI=1S/C18H22F3N3O3S/c1-27-17(26)14-11-24(8-9-28-14)16(25)12-4-6-23(7-5-12)15-3-2-13(10-22-15)18(19,20)21/h2-3,10,12,14H,4-9,11H2,1H3/t14-/m0/s1. The molecule has 1 atom stereocenters. The molecule has 2 aliphatic rings. The van der Waals surface area contributed by atoms with Crippen molar-refractivity contribution in [2.45, 2.75) is 24.3 Å². The van der Waals surface area contributed by atoms with E-state index in [9.17, 15) is 22.8 Å². The molecule has 0 saturated carbocycles. The van der Waals surface area contributed by atoms with E-state index in [1.54, 1.807) is 4.90 Å². The number of pyridine rings is 1. The van der Waals surface area contributed by atoms with Crippen molar-refractivity contribution in [3.8, 4) is 0 Å². The number of anilines is 1. The number of halogens is 3. The molecule has 154 valence electrons. The van der Waals surface area contributed by atoms with Crippen molar-refractivity contribution in [3.05, 3.63) is 23.9 Å². The van der Waals surface area contributed by atoms with Gasteiger partial charge in [0.1, 0.15) is 11.1 Å². The third kappa shape index (κ3) is 4.71. The zero-order valence-corrected chi connectivity index (χ0v) is 16.3. The molecule has 1 amide bonds. The van der Waals surface area contributed by atoms with Gasteiger partial charge in [-0.1, -0.05) is 0 Å². The summed E-state index contributed by atoms with van der Waals surface area (Å²) < 4.78 is 42.7. The van der Waals surface area contributed by atoms with E-state index in [-0.39, 0.29) is 23.0 Å². The number of hydrogen-bond donors (Lipinski definition) is 0. The molecule has 3 heterocycles. The van der Waals surface area contributed by atoms with Gasteiger partial charge >= 0.3 is 12.1 Å². The summed E-state index contributed by atoms with van der Waals surface area (Å²) in [6.45, 7) is 2.07. The number of esters is 1. The molecule has 1 aromatic rings. The monoisotopic (exact) mass is 417 g/mol. The van der Waals surface area contributed by atoms with Gasteiger partial charge in [0.05, 0.1) is 12.7 Å². The fraction of sp³-hybridized carbons (Fsp3) is 0.611. The van der Waals surface area contributed by atoms with Gasteiger partial charge in [-0.15, -0.1) is 11.8 Å². The summed E-state index contributed by atoms with van der Waals surface area (Å²) in [5.74, 6) is 0.755. The molecule has 0 spiro atoms. The summed E-state index contributed by atoms with van der Waals surface area (Å²) in [6, 6.07) is 2.39. The fourth-order valence-electron chi connectivity index (χ4n) is 3.48. The van der Waals surface area contributed by atoms with Crippen LogP contribution in [-0.2, 0) is 20.5 Å². The number of piperidine rings is 1. The Morgan fingerprint density at radius 1 is 1.21 bits per heavy atom. The number of aromatic nitrogens is 1. The first-order valence-electron chi connectivity index (χ1n) is 9.06. The van der Waals surface area contributed by atoms with Gasteiger partial charge in [-0.3, -0.25) is 9.59 Å². The van der Waals surface area contributed by atoms with E-state index in [1.165, 1.54) is 24.9 Å². The average Bonchev–Trinajstić information content (AvgIpc) is 2.72. The maximum Gasteiger partial charge on any atom is 0.417 e. The molecule has 6 nitrogen and oxygen atoms in total. The Hall–Kier alpha value is -1.97. The minimum atomic E-state index is -4.40. The Bertz CT molecular complexity index is 706. The van der Waals surface area contributed by atoms with Crippen molar-refractivity contribution < 1.29 is 27.5 Å². The lowest BCUT2D eigenvalue weighted by molar-refractivity contribution is -0.142. The third-order valence-electron chi connectivity index (χ3n) is 5.09. The summed E-state index contributed by atoms with van der Waals surface area (Å²) in [5, 5.41) is -0.348. The number of rotatable bonds is 3. The van der Waals surface area contributed by atoms with Crippen molar-refractivity contribution in [2.24, 2.45) is 5.92 Å². The van der Waals surface area contributed by atoms with Gasteiger partial charge in [0.25, 0.3) is 0 Å². The lowest BCUT2D eigenvalue weighted by Crippen LogP contribution is -2.49. The first-order valence-corrected chi connectivity index (χ1v) is 10.1. The van der Waals surface area contributed by atoms with E-state index < -0.39 is 11.7 Å². The van der Waals surface area contributed by atoms with Gasteiger partial charge in [0.15, 0.2) is 0 Å². The Kier molecular flexibility index (Phi) is 6.36. The summed E-state index contributed by atoms with van der Waals surface area (Å²) in [4.78, 5) is 32.1. The van der Waals surface area contributed by atoms with Crippen LogP contribution in [0.2, 0.25) is 0 Å². The van der Waals surface area contributed by atoms with Crippen LogP contribution in [0.4, 0.5) is 19.0 Å². The number of carbonyl (C=O) groups is 2. The van der Waals surface area contributed by atoms with Crippen molar-refractivity contribution in [3.63, 3.8) is 0 Å². The topological polar surface area (TPSA) is 62.7 Å². The zero-order chi connectivity index (χ0) is 20.3. The highest BCUT2D eigenvalue weighted by atomic mass is 32.2. The number of carbonyl (C=O) groups excluding carboxylic acids is 2. The number of hydrogen-bond acceptors (Lipinski definition) is 6. The van der Waals surface area contributed by atoms with Crippen LogP contribution in [0.3, 0.4) is 0 Å². The third-order valence-corrected chi connectivity index (χ3v) is 6.25. The summed E-state index contributed by atoms with van der Waals surface area (Å²) in [6.07, 6.45) is -2.35. The molecular formula is C18H22F3N3O3S. The van der Waals surface area contributed by atoms with E-state index in [0.717, 1.165) is 12.3 Å². The normalized spacial score (nSPS) is 21.5. The summed E-state index contributed by atoms with van der Waals surface area (Å²) in [7, 11) is 1.34. The van der Waals surface area contributed by atoms with Crippen LogP contribution >= 0.6 is 11.8 Å². The first-order chi connectivity index (χ1) is 13.3. The Labute approximate surface area is 165 Å². The maximum atomic E-state index is 12.8. The molecule has 0 radical (unpaired) electrons. The summed E-state index contributed by atoms with van der Waals surface area (Å²) in [5.41, 5.74) is -0.774. The van der Waals surface area contributed by atoms with Gasteiger partial charge < -0.3 is 14.5 Å². The fourth-order valence-corrected chi connectivity index (χ4v) is 4.61. The second-order valence-electron chi connectivity index (χ2n) is 6.83. The number of methoxy groups -OCH3 is 1. The van der Waals surface area contributed by atoms with Gasteiger partial charge in [0.2, 0.25) is 5.91 Å². The predicted octanol–water partition coefficient (Wildman–Crippen LogP) is 2.43. The van der Waals surface area contributed by atoms with Crippen LogP contribution in [0.25, 0.3) is 0 Å². The smallest absolute Gasteiger partial charge is 0.417 e. The minimum Gasteiger partial charge on any atom is -0.468 e. The number of amides is 1. The maximum absolute atomic E-state index is 12.8. The van der Waals surface area contributed by atoms with Crippen LogP contribution in [0.5, 0.6) is 0 Å². The molecule has 2 saturated heterocycles. The molecule has 10 heteroatoms. The number of nitrogens with zero attached hydrogens (tertiary/aromatic N) is 3. The van der Waals surface area contributed by atoms with E-state index in [0.29, 0.717) is 50.6 Å². The predicted molar refractivity (Wildman–Crippen MR) is 99.0 cm³/mol. The molecule has 2 fully saturated rings. The van der Waals surface area contributed by atoms with Crippen molar-refractivity contribution in [1.29, 1.82) is 0 Å². The number of alkyl halides is 3. The number of thioether (sulfide) groups is 1. The zero-order valence-electron chi connectivity index (χ0n) is 15.4. The quantitative estimate of drug-likeness (QED) is 0.704. The highest BCUT2D eigenvalue weighted by Crippen LogP contribution is 2.31. The van der Waals surface area contributed by atoms with Gasteiger partial charge in [-0.2, -0.15) is 13.2 Å². The largest absolute Gasteiger partial charge is 0.468 e. The Balaban J connectivity index is 1.55. The second kappa shape index (κ2) is 8.59. The van der Waals surface area contributed by atoms with Crippen LogP contribution in [0.1, 0.15) is 18.4 Å². The van der Waals surface area contributed by atoms with E-state index in [1.807, 2.05) is 4.90 Å². The second-order valence-corrected chi connectivity index (χ2v) is 8.14. The highest BCUT2D eigenvalue weighted by Gasteiger charge is 2.35. The van der Waals surface area contributed by atoms with E-state index in [4.69, 9.17) is 4.74 Å². The lowest BCUT2D eigenvalue weighted by Gasteiger charge is -2.37. The molecule has 0 aromatic carbocycles. The van der Waals surface area contributed by atoms with Gasteiger partial charge in [-0.25, -0.2) is 4.98 Å². The Morgan fingerprint density at radius 3 is 2.50 bits per heavy atom. The molecule has 0 bridgehead atoms. The van der Waals surface area contributed by atoms with E-state index >= 15 is 0 Å². The molecule has 3 rings (SSSR count). The van der Waals surface area contributed by atoms with Crippen LogP contribution < -0.4 is 4.90 Å². The van der Waals surface area contributed by atoms with Crippen molar-refractivity contribution in [2.75, 3.05) is 43.9 Å². The minimum absolute atomic E-state index is 0.0363. The highest BCUT2D eigenvalue weighted by molar-refractivity contribution is 8.00. The van der Waals surface area contributed by atoms with Crippen molar-refractivity contribution >= 4 is 29.5 Å². The average molecular weight is 417 g/mol. The van der Waals surface area contributed by atoms with Crippen LogP contribution in [0.15, 0.2) is 18.3 Å². The van der Waals surface area contributed by atoms with Gasteiger partial charge in [0, 0.05) is 44.0 Å². The number of ether oxygens (including phenoxy) is 1. The molecule has 0 aliphatic carbocycles. The summed E-state index contributed by atoms with van der Waals surface area (Å²) >= 11 is 1.50. The van der Waals surface area contributed by atoms with E-state index in [2.05, 4.69) is 4.98 Å². The molecule has 0 N–H and O–H groups in total. The molecule has 0 unspecified atom stereocenters. The van der Waals surface area contributed by atoms with Crippen LogP contribution in [-0.4, -0.2) is 66.1 Å². The molecular weight excluding hydrogens is 395 g/mol. The molecule has 2 aliphatic heterocycles. The van der Waals surface area contributed by atoms with Crippen molar-refractivity contribution in [1.82, 2.24) is 9.88 Å². The molecule has 28 heavy (non-hydrogen) atoms. The lowest BCUT2D eigenvalue weighted by atomic mass is 9.95. The Morgan fingerprint density at radius 2 is 1.93 bits per heavy atom. The first kappa shape index (κ1) is 20.8.